The summed E-state index contributed by atoms with van der Waals surface area (Å²) in [5.41, 5.74) is 0.412. The third-order valence-electron chi connectivity index (χ3n) is 2.05. The summed E-state index contributed by atoms with van der Waals surface area (Å²) in [4.78, 5) is 8.18. The van der Waals surface area contributed by atoms with Gasteiger partial charge in [-0.05, 0) is 13.3 Å². The Balaban J connectivity index is 2.91. The average Bonchev–Trinajstić information content (AvgIpc) is 2.19. The predicted octanol–water partition coefficient (Wildman–Crippen LogP) is 2.31. The van der Waals surface area contributed by atoms with Crippen molar-refractivity contribution in [3.05, 3.63) is 17.3 Å². The summed E-state index contributed by atoms with van der Waals surface area (Å²) in [7, 11) is 1.66. The van der Waals surface area contributed by atoms with Crippen molar-refractivity contribution >= 4 is 5.82 Å². The van der Waals surface area contributed by atoms with Crippen LogP contribution in [0.4, 0.5) is 10.2 Å². The van der Waals surface area contributed by atoms with Gasteiger partial charge in [0.05, 0.1) is 5.69 Å². The van der Waals surface area contributed by atoms with E-state index >= 15 is 0 Å². The number of aryl methyl sites for hydroxylation is 2. The van der Waals surface area contributed by atoms with Crippen LogP contribution in [0.15, 0.2) is 0 Å². The Labute approximate surface area is 83.8 Å². The molecule has 0 saturated carbocycles. The Morgan fingerprint density at radius 1 is 1.36 bits per heavy atom. The maximum Gasteiger partial charge on any atom is 0.186 e. The number of nitrogens with zero attached hydrogens (tertiary/aromatic N) is 2. The molecule has 0 aliphatic heterocycles. The minimum absolute atomic E-state index is 0.295. The van der Waals surface area contributed by atoms with Gasteiger partial charge in [0, 0.05) is 13.5 Å². The summed E-state index contributed by atoms with van der Waals surface area (Å²) in [6.07, 6.45) is 2.94. The van der Waals surface area contributed by atoms with Crippen LogP contribution >= 0.6 is 0 Å². The van der Waals surface area contributed by atoms with Gasteiger partial charge in [-0.25, -0.2) is 14.4 Å². The highest BCUT2D eigenvalue weighted by atomic mass is 19.1. The number of hydrogen-bond acceptors (Lipinski definition) is 3. The molecular weight excluding hydrogens is 181 g/mol. The van der Waals surface area contributed by atoms with Crippen molar-refractivity contribution in [3.8, 4) is 0 Å². The zero-order valence-electron chi connectivity index (χ0n) is 8.89. The third-order valence-corrected chi connectivity index (χ3v) is 2.05. The number of unbranched alkanes of at least 4 members (excludes halogenated alkanes) is 1. The third kappa shape index (κ3) is 2.40. The molecule has 1 heterocycles. The molecular formula is C10H16FN3. The van der Waals surface area contributed by atoms with Gasteiger partial charge in [-0.2, -0.15) is 0 Å². The second-order valence-corrected chi connectivity index (χ2v) is 3.24. The van der Waals surface area contributed by atoms with Gasteiger partial charge in [-0.15, -0.1) is 0 Å². The maximum atomic E-state index is 13.3. The molecule has 1 aromatic heterocycles. The molecule has 0 unspecified atom stereocenters. The van der Waals surface area contributed by atoms with Crippen LogP contribution in [0.5, 0.6) is 0 Å². The predicted molar refractivity (Wildman–Crippen MR) is 54.9 cm³/mol. The first-order chi connectivity index (χ1) is 6.69. The highest BCUT2D eigenvalue weighted by Gasteiger charge is 2.09. The van der Waals surface area contributed by atoms with E-state index in [9.17, 15) is 4.39 Å². The lowest BCUT2D eigenvalue weighted by molar-refractivity contribution is 0.598. The fraction of sp³-hybridized carbons (Fsp3) is 0.600. The van der Waals surface area contributed by atoms with Crippen molar-refractivity contribution < 1.29 is 4.39 Å². The molecule has 14 heavy (non-hydrogen) atoms. The van der Waals surface area contributed by atoms with Crippen molar-refractivity contribution in [3.63, 3.8) is 0 Å². The Kier molecular flexibility index (Phi) is 3.80. The molecule has 3 nitrogen and oxygen atoms in total. The van der Waals surface area contributed by atoms with Crippen LogP contribution in [0.1, 0.15) is 31.3 Å². The van der Waals surface area contributed by atoms with E-state index in [1.807, 2.05) is 0 Å². The summed E-state index contributed by atoms with van der Waals surface area (Å²) in [6.45, 7) is 3.77. The van der Waals surface area contributed by atoms with Crippen molar-refractivity contribution in [2.24, 2.45) is 0 Å². The van der Waals surface area contributed by atoms with Crippen LogP contribution in [0.2, 0.25) is 0 Å². The largest absolute Gasteiger partial charge is 0.371 e. The molecule has 1 N–H and O–H groups in total. The molecule has 0 saturated heterocycles. The van der Waals surface area contributed by atoms with E-state index in [1.165, 1.54) is 0 Å². The van der Waals surface area contributed by atoms with Gasteiger partial charge in [0.25, 0.3) is 0 Å². The van der Waals surface area contributed by atoms with Crippen LogP contribution in [0.25, 0.3) is 0 Å². The molecule has 78 valence electrons. The lowest BCUT2D eigenvalue weighted by Gasteiger charge is -2.06. The van der Waals surface area contributed by atoms with Crippen LogP contribution < -0.4 is 5.32 Å². The molecule has 0 aromatic carbocycles. The first kappa shape index (κ1) is 10.9. The molecule has 1 rings (SSSR count). The highest BCUT2D eigenvalue weighted by Crippen LogP contribution is 2.13. The van der Waals surface area contributed by atoms with Crippen molar-refractivity contribution in [1.29, 1.82) is 0 Å². The first-order valence-corrected chi connectivity index (χ1v) is 4.89. The van der Waals surface area contributed by atoms with E-state index < -0.39 is 0 Å². The van der Waals surface area contributed by atoms with E-state index in [-0.39, 0.29) is 5.82 Å². The smallest absolute Gasteiger partial charge is 0.186 e. The molecule has 0 radical (unpaired) electrons. The molecule has 0 aliphatic carbocycles. The second kappa shape index (κ2) is 4.88. The van der Waals surface area contributed by atoms with Crippen LogP contribution in [-0.2, 0) is 6.42 Å². The summed E-state index contributed by atoms with van der Waals surface area (Å²) in [6, 6.07) is 0. The Bertz CT molecular complexity index is 312. The van der Waals surface area contributed by atoms with E-state index in [2.05, 4.69) is 22.2 Å². The van der Waals surface area contributed by atoms with E-state index in [0.717, 1.165) is 25.1 Å². The van der Waals surface area contributed by atoms with Crippen molar-refractivity contribution in [1.82, 2.24) is 9.97 Å². The minimum atomic E-state index is -0.354. The normalized spacial score (nSPS) is 10.3. The molecule has 0 bridgehead atoms. The SMILES string of the molecule is CCCCc1nc(C)c(F)c(NC)n1. The van der Waals surface area contributed by atoms with Gasteiger partial charge in [0.1, 0.15) is 5.82 Å². The summed E-state index contributed by atoms with van der Waals surface area (Å²) in [5.74, 6) is 0.659. The minimum Gasteiger partial charge on any atom is -0.371 e. The van der Waals surface area contributed by atoms with Gasteiger partial charge in [-0.1, -0.05) is 13.3 Å². The number of hydrogen-bond donors (Lipinski definition) is 1. The Morgan fingerprint density at radius 3 is 2.64 bits per heavy atom. The van der Waals surface area contributed by atoms with E-state index in [4.69, 9.17) is 0 Å². The fourth-order valence-corrected chi connectivity index (χ4v) is 1.23. The number of anilines is 1. The molecule has 0 atom stereocenters. The zero-order valence-corrected chi connectivity index (χ0v) is 8.89. The van der Waals surface area contributed by atoms with Crippen LogP contribution in [-0.4, -0.2) is 17.0 Å². The monoisotopic (exact) mass is 197 g/mol. The summed E-state index contributed by atoms with van der Waals surface area (Å²) >= 11 is 0. The lowest BCUT2D eigenvalue weighted by Crippen LogP contribution is -2.06. The summed E-state index contributed by atoms with van der Waals surface area (Å²) in [5, 5.41) is 2.73. The Hall–Kier alpha value is -1.19. The molecule has 0 fully saturated rings. The van der Waals surface area contributed by atoms with Gasteiger partial charge >= 0.3 is 0 Å². The molecule has 4 heteroatoms. The number of rotatable bonds is 4. The van der Waals surface area contributed by atoms with Crippen molar-refractivity contribution in [2.45, 2.75) is 33.1 Å². The fourth-order valence-electron chi connectivity index (χ4n) is 1.23. The maximum absolute atomic E-state index is 13.3. The molecule has 0 spiro atoms. The lowest BCUT2D eigenvalue weighted by atomic mass is 10.2. The number of aromatic nitrogens is 2. The number of nitrogens with one attached hydrogen (secondary N) is 1. The van der Waals surface area contributed by atoms with Crippen LogP contribution in [0.3, 0.4) is 0 Å². The molecule has 1 aromatic rings. The first-order valence-electron chi connectivity index (χ1n) is 4.89. The van der Waals surface area contributed by atoms with Gasteiger partial charge in [0.2, 0.25) is 0 Å². The molecule has 0 amide bonds. The van der Waals surface area contributed by atoms with Crippen LogP contribution in [0, 0.1) is 12.7 Å². The van der Waals surface area contributed by atoms with Gasteiger partial charge in [-0.3, -0.25) is 0 Å². The van der Waals surface area contributed by atoms with Crippen molar-refractivity contribution in [2.75, 3.05) is 12.4 Å². The van der Waals surface area contributed by atoms with Gasteiger partial charge in [0.15, 0.2) is 11.6 Å². The topological polar surface area (TPSA) is 37.8 Å². The zero-order chi connectivity index (χ0) is 10.6. The Morgan fingerprint density at radius 2 is 2.07 bits per heavy atom. The average molecular weight is 197 g/mol. The quantitative estimate of drug-likeness (QED) is 0.804. The summed E-state index contributed by atoms with van der Waals surface area (Å²) < 4.78 is 13.3. The van der Waals surface area contributed by atoms with E-state index in [1.54, 1.807) is 14.0 Å². The standard InChI is InChI=1S/C10H16FN3/c1-4-5-6-8-13-7(2)9(11)10(12-3)14-8/h4-6H2,1-3H3,(H,12,13,14). The second-order valence-electron chi connectivity index (χ2n) is 3.24. The van der Waals surface area contributed by atoms with Gasteiger partial charge < -0.3 is 5.32 Å². The highest BCUT2D eigenvalue weighted by molar-refractivity contribution is 5.37. The number of halogens is 1. The van der Waals surface area contributed by atoms with E-state index in [0.29, 0.717) is 11.5 Å². The molecule has 0 aliphatic rings.